The number of carbonyl (C=O) groups excluding carboxylic acids is 1. The number of aromatic nitrogens is 2. The quantitative estimate of drug-likeness (QED) is 0.123. The van der Waals surface area contributed by atoms with Crippen LogP contribution in [-0.2, 0) is 22.5 Å². The summed E-state index contributed by atoms with van der Waals surface area (Å²) >= 11 is 0. The van der Waals surface area contributed by atoms with Crippen LogP contribution >= 0.6 is 0 Å². The van der Waals surface area contributed by atoms with Crippen LogP contribution in [0.5, 0.6) is 11.6 Å². The van der Waals surface area contributed by atoms with E-state index in [1.807, 2.05) is 6.92 Å². The predicted molar refractivity (Wildman–Crippen MR) is 132 cm³/mol. The van der Waals surface area contributed by atoms with Gasteiger partial charge in [-0.2, -0.15) is 4.98 Å². The van der Waals surface area contributed by atoms with E-state index in [0.29, 0.717) is 12.2 Å². The molecule has 0 radical (unpaired) electrons. The molecule has 3 aromatic heterocycles. The SMILES string of the molecule is CCOC(=O)CCN(Cc1ccco1)c1ncnc(Oc2ccc3c(CC)cc(=O)oc3c2)c1[N+](=O)[O-]. The van der Waals surface area contributed by atoms with Crippen LogP contribution in [0.1, 0.15) is 31.6 Å². The topological polar surface area (TPSA) is 151 Å². The highest BCUT2D eigenvalue weighted by Crippen LogP contribution is 2.37. The van der Waals surface area contributed by atoms with Crippen molar-refractivity contribution in [1.82, 2.24) is 9.97 Å². The molecule has 0 fully saturated rings. The summed E-state index contributed by atoms with van der Waals surface area (Å²) < 4.78 is 21.5. The Morgan fingerprint density at radius 3 is 2.73 bits per heavy atom. The number of ether oxygens (including phenoxy) is 2. The number of hydrogen-bond acceptors (Lipinski definition) is 11. The van der Waals surface area contributed by atoms with Gasteiger partial charge < -0.3 is 23.2 Å². The van der Waals surface area contributed by atoms with E-state index in [2.05, 4.69) is 9.97 Å². The van der Waals surface area contributed by atoms with Crippen molar-refractivity contribution in [1.29, 1.82) is 0 Å². The Balaban J connectivity index is 1.71. The average molecular weight is 508 g/mol. The lowest BCUT2D eigenvalue weighted by molar-refractivity contribution is -0.385. The molecule has 0 unspecified atom stereocenters. The third-order valence-electron chi connectivity index (χ3n) is 5.47. The zero-order valence-electron chi connectivity index (χ0n) is 20.2. The Bertz CT molecular complexity index is 1470. The monoisotopic (exact) mass is 508 g/mol. The number of esters is 1. The highest BCUT2D eigenvalue weighted by atomic mass is 16.6. The molecule has 12 heteroatoms. The van der Waals surface area contributed by atoms with Gasteiger partial charge in [-0.1, -0.05) is 6.92 Å². The minimum absolute atomic E-state index is 0.0324. The van der Waals surface area contributed by atoms with Crippen LogP contribution in [0.3, 0.4) is 0 Å². The van der Waals surface area contributed by atoms with Gasteiger partial charge in [-0.15, -0.1) is 0 Å². The van der Waals surface area contributed by atoms with Crippen molar-refractivity contribution >= 4 is 28.4 Å². The predicted octanol–water partition coefficient (Wildman–Crippen LogP) is 4.40. The molecule has 192 valence electrons. The van der Waals surface area contributed by atoms with E-state index in [-0.39, 0.29) is 49.1 Å². The zero-order chi connectivity index (χ0) is 26.4. The molecule has 0 amide bonds. The maximum Gasteiger partial charge on any atom is 0.373 e. The molecule has 0 saturated carbocycles. The molecule has 0 aliphatic rings. The van der Waals surface area contributed by atoms with E-state index in [4.69, 9.17) is 18.3 Å². The molecule has 0 bridgehead atoms. The number of rotatable bonds is 11. The van der Waals surface area contributed by atoms with Crippen molar-refractivity contribution in [2.75, 3.05) is 18.1 Å². The van der Waals surface area contributed by atoms with Gasteiger partial charge in [-0.25, -0.2) is 9.78 Å². The van der Waals surface area contributed by atoms with Crippen LogP contribution in [0.25, 0.3) is 11.0 Å². The average Bonchev–Trinajstić information content (AvgIpc) is 3.39. The number of anilines is 1. The van der Waals surface area contributed by atoms with E-state index in [1.165, 1.54) is 23.3 Å². The molecule has 4 rings (SSSR count). The van der Waals surface area contributed by atoms with Gasteiger partial charge >= 0.3 is 23.2 Å². The number of hydrogen-bond donors (Lipinski definition) is 0. The lowest BCUT2D eigenvalue weighted by atomic mass is 10.1. The van der Waals surface area contributed by atoms with Gasteiger partial charge in [0.15, 0.2) is 0 Å². The number of aryl methyl sites for hydroxylation is 1. The Morgan fingerprint density at radius 2 is 2.03 bits per heavy atom. The van der Waals surface area contributed by atoms with Crippen LogP contribution in [0.15, 0.2) is 62.6 Å². The maximum atomic E-state index is 12.2. The molecular formula is C25H24N4O8. The third-order valence-corrected chi connectivity index (χ3v) is 5.47. The normalized spacial score (nSPS) is 10.9. The summed E-state index contributed by atoms with van der Waals surface area (Å²) in [4.78, 5) is 45.1. The van der Waals surface area contributed by atoms with Crippen LogP contribution < -0.4 is 15.3 Å². The molecule has 0 aliphatic carbocycles. The summed E-state index contributed by atoms with van der Waals surface area (Å²) in [5.41, 5.74) is 0.0877. The Morgan fingerprint density at radius 1 is 1.19 bits per heavy atom. The second-order valence-corrected chi connectivity index (χ2v) is 7.87. The van der Waals surface area contributed by atoms with Crippen LogP contribution in [-0.4, -0.2) is 34.0 Å². The lowest BCUT2D eigenvalue weighted by Crippen LogP contribution is -2.28. The first-order valence-corrected chi connectivity index (χ1v) is 11.6. The molecule has 3 heterocycles. The first-order chi connectivity index (χ1) is 17.9. The van der Waals surface area contributed by atoms with Crippen molar-refractivity contribution in [3.05, 3.63) is 80.8 Å². The van der Waals surface area contributed by atoms with Gasteiger partial charge in [0.1, 0.15) is 23.4 Å². The lowest BCUT2D eigenvalue weighted by Gasteiger charge is -2.22. The van der Waals surface area contributed by atoms with Crippen molar-refractivity contribution < 1.29 is 28.0 Å². The Hall–Kier alpha value is -4.74. The minimum atomic E-state index is -0.652. The van der Waals surface area contributed by atoms with Gasteiger partial charge in [0.25, 0.3) is 0 Å². The van der Waals surface area contributed by atoms with Crippen LogP contribution in [0.2, 0.25) is 0 Å². The molecule has 0 aliphatic heterocycles. The smallest absolute Gasteiger partial charge is 0.373 e. The molecule has 0 spiro atoms. The molecule has 0 N–H and O–H groups in total. The highest BCUT2D eigenvalue weighted by Gasteiger charge is 2.30. The number of carbonyl (C=O) groups is 1. The maximum absolute atomic E-state index is 12.2. The summed E-state index contributed by atoms with van der Waals surface area (Å²) in [5, 5.41) is 12.9. The standard InChI is InChI=1S/C25H24N4O8/c1-3-16-12-22(31)37-20-13-17(7-8-19(16)20)36-25-23(29(32)33)24(26-15-27-25)28(10-9-21(30)34-4-2)14-18-6-5-11-35-18/h5-8,11-13,15H,3-4,9-10,14H2,1-2H3. The van der Waals surface area contributed by atoms with Gasteiger partial charge in [-0.3, -0.25) is 14.9 Å². The van der Waals surface area contributed by atoms with Crippen LogP contribution in [0, 0.1) is 10.1 Å². The fraction of sp³-hybridized carbons (Fsp3) is 0.280. The number of benzene rings is 1. The molecule has 1 aromatic carbocycles. The molecule has 0 saturated heterocycles. The first-order valence-electron chi connectivity index (χ1n) is 11.6. The summed E-state index contributed by atoms with van der Waals surface area (Å²) in [5.74, 6) is -0.138. The number of furan rings is 1. The van der Waals surface area contributed by atoms with Crippen molar-refractivity contribution in [2.45, 2.75) is 33.2 Å². The van der Waals surface area contributed by atoms with Gasteiger partial charge in [-0.05, 0) is 43.2 Å². The third kappa shape index (κ3) is 5.92. The molecule has 12 nitrogen and oxygen atoms in total. The second-order valence-electron chi connectivity index (χ2n) is 7.87. The van der Waals surface area contributed by atoms with Crippen LogP contribution in [0.4, 0.5) is 11.5 Å². The summed E-state index contributed by atoms with van der Waals surface area (Å²) in [6.07, 6.45) is 3.20. The van der Waals surface area contributed by atoms with E-state index in [9.17, 15) is 19.7 Å². The largest absolute Gasteiger partial charge is 0.467 e. The van der Waals surface area contributed by atoms with Gasteiger partial charge in [0, 0.05) is 24.1 Å². The first kappa shape index (κ1) is 25.4. The Kier molecular flexibility index (Phi) is 7.77. The van der Waals surface area contributed by atoms with Gasteiger partial charge in [0.2, 0.25) is 5.82 Å². The van der Waals surface area contributed by atoms with Crippen molar-refractivity contribution in [2.24, 2.45) is 0 Å². The highest BCUT2D eigenvalue weighted by molar-refractivity contribution is 5.81. The summed E-state index contributed by atoms with van der Waals surface area (Å²) in [6.45, 7) is 4.00. The molecule has 4 aromatic rings. The van der Waals surface area contributed by atoms with E-state index in [1.54, 1.807) is 31.2 Å². The second kappa shape index (κ2) is 11.3. The molecular weight excluding hydrogens is 484 g/mol. The number of fused-ring (bicyclic) bond motifs is 1. The van der Waals surface area contributed by atoms with E-state index >= 15 is 0 Å². The van der Waals surface area contributed by atoms with Gasteiger partial charge in [0.05, 0.1) is 30.8 Å². The molecule has 0 atom stereocenters. The zero-order valence-corrected chi connectivity index (χ0v) is 20.2. The number of nitro groups is 1. The van der Waals surface area contributed by atoms with Crippen molar-refractivity contribution in [3.8, 4) is 11.6 Å². The molecule has 37 heavy (non-hydrogen) atoms. The Labute approximate surface area is 210 Å². The number of nitrogens with zero attached hydrogens (tertiary/aromatic N) is 4. The van der Waals surface area contributed by atoms with Crippen molar-refractivity contribution in [3.63, 3.8) is 0 Å². The van der Waals surface area contributed by atoms with E-state index < -0.39 is 22.2 Å². The minimum Gasteiger partial charge on any atom is -0.467 e. The summed E-state index contributed by atoms with van der Waals surface area (Å²) in [6, 6.07) is 9.60. The van der Waals surface area contributed by atoms with E-state index in [0.717, 1.165) is 17.3 Å². The fourth-order valence-corrected chi connectivity index (χ4v) is 3.81. The fourth-order valence-electron chi connectivity index (χ4n) is 3.81. The summed E-state index contributed by atoms with van der Waals surface area (Å²) in [7, 11) is 0.